The van der Waals surface area contributed by atoms with Crippen molar-refractivity contribution in [1.29, 1.82) is 0 Å². The summed E-state index contributed by atoms with van der Waals surface area (Å²) >= 11 is 0. The van der Waals surface area contributed by atoms with E-state index in [9.17, 15) is 18.0 Å². The number of carbonyl (C=O) groups is 1. The third-order valence-corrected chi connectivity index (χ3v) is 4.63. The molecule has 0 radical (unpaired) electrons. The molecule has 0 bridgehead atoms. The first-order chi connectivity index (χ1) is 14.0. The fourth-order valence-corrected chi connectivity index (χ4v) is 3.20. The van der Waals surface area contributed by atoms with Crippen molar-refractivity contribution in [2.24, 2.45) is 5.92 Å². The van der Waals surface area contributed by atoms with Crippen molar-refractivity contribution in [1.82, 2.24) is 10.3 Å². The molecule has 3 rings (SSSR count). The van der Waals surface area contributed by atoms with Crippen molar-refractivity contribution in [3.8, 4) is 17.0 Å². The number of ether oxygens (including phenoxy) is 2. The second-order valence-corrected chi connectivity index (χ2v) is 8.40. The Kier molecular flexibility index (Phi) is 6.24. The monoisotopic (exact) mass is 422 g/mol. The number of alkyl carbamates (subject to hydrolysis) is 1. The summed E-state index contributed by atoms with van der Waals surface area (Å²) in [4.78, 5) is 15.6. The molecule has 1 aliphatic carbocycles. The fourth-order valence-electron chi connectivity index (χ4n) is 3.20. The Balaban J connectivity index is 1.61. The number of rotatable bonds is 5. The van der Waals surface area contributed by atoms with Gasteiger partial charge in [-0.15, -0.1) is 0 Å². The Morgan fingerprint density at radius 2 is 1.77 bits per heavy atom. The van der Waals surface area contributed by atoms with Gasteiger partial charge >= 0.3 is 12.3 Å². The first-order valence-electron chi connectivity index (χ1n) is 9.77. The average molecular weight is 422 g/mol. The summed E-state index contributed by atoms with van der Waals surface area (Å²) in [5, 5.41) is 2.81. The van der Waals surface area contributed by atoms with Gasteiger partial charge in [-0.3, -0.25) is 0 Å². The van der Waals surface area contributed by atoms with Gasteiger partial charge in [-0.05, 0) is 51.7 Å². The van der Waals surface area contributed by atoms with E-state index in [4.69, 9.17) is 9.47 Å². The maximum atomic E-state index is 13.1. The number of pyridine rings is 1. The zero-order valence-corrected chi connectivity index (χ0v) is 17.1. The van der Waals surface area contributed by atoms with Crippen LogP contribution in [0.4, 0.5) is 18.0 Å². The standard InChI is InChI=1S/C22H25F3N2O3/c1-21(2,3)30-20(28)26-16-11-14(12-16)13-29-17-9-10-18(22(23,24)25)27-19(17)15-7-5-4-6-8-15/h4-10,14,16H,11-13H2,1-3H3,(H,26,28)/t14-,16+. The number of hydrogen-bond acceptors (Lipinski definition) is 4. The molecule has 0 unspecified atom stereocenters. The van der Waals surface area contributed by atoms with Crippen LogP contribution in [0.5, 0.6) is 5.75 Å². The number of nitrogens with zero attached hydrogens (tertiary/aromatic N) is 1. The van der Waals surface area contributed by atoms with Gasteiger partial charge in [-0.2, -0.15) is 13.2 Å². The second kappa shape index (κ2) is 8.53. The van der Waals surface area contributed by atoms with Crippen LogP contribution in [-0.4, -0.2) is 29.3 Å². The van der Waals surface area contributed by atoms with Gasteiger partial charge in [0.15, 0.2) is 0 Å². The molecule has 5 nitrogen and oxygen atoms in total. The topological polar surface area (TPSA) is 60.5 Å². The molecule has 1 heterocycles. The first-order valence-corrected chi connectivity index (χ1v) is 9.77. The van der Waals surface area contributed by atoms with Crippen LogP contribution in [0.1, 0.15) is 39.3 Å². The van der Waals surface area contributed by atoms with Crippen LogP contribution in [0.3, 0.4) is 0 Å². The number of hydrogen-bond donors (Lipinski definition) is 1. The minimum atomic E-state index is -4.53. The third-order valence-electron chi connectivity index (χ3n) is 4.63. The molecule has 1 fully saturated rings. The number of benzene rings is 1. The highest BCUT2D eigenvalue weighted by Gasteiger charge is 2.34. The zero-order valence-electron chi connectivity index (χ0n) is 17.1. The molecule has 1 amide bonds. The molecule has 1 aliphatic rings. The highest BCUT2D eigenvalue weighted by atomic mass is 19.4. The molecule has 0 atom stereocenters. The molecule has 1 aromatic carbocycles. The molecular weight excluding hydrogens is 397 g/mol. The van der Waals surface area contributed by atoms with Crippen LogP contribution in [0.25, 0.3) is 11.3 Å². The van der Waals surface area contributed by atoms with E-state index in [2.05, 4.69) is 10.3 Å². The zero-order chi connectivity index (χ0) is 21.9. The van der Waals surface area contributed by atoms with Gasteiger partial charge in [0, 0.05) is 11.6 Å². The lowest BCUT2D eigenvalue weighted by Gasteiger charge is -2.36. The number of halogens is 3. The van der Waals surface area contributed by atoms with Crippen molar-refractivity contribution >= 4 is 6.09 Å². The van der Waals surface area contributed by atoms with Crippen LogP contribution in [0, 0.1) is 5.92 Å². The minimum Gasteiger partial charge on any atom is -0.491 e. The predicted molar refractivity (Wildman–Crippen MR) is 106 cm³/mol. The Bertz CT molecular complexity index is 873. The van der Waals surface area contributed by atoms with Gasteiger partial charge in [0.1, 0.15) is 22.7 Å². The van der Waals surface area contributed by atoms with Crippen LogP contribution in [-0.2, 0) is 10.9 Å². The molecule has 30 heavy (non-hydrogen) atoms. The van der Waals surface area contributed by atoms with E-state index in [1.54, 1.807) is 51.1 Å². The lowest BCUT2D eigenvalue weighted by atomic mass is 9.81. The van der Waals surface area contributed by atoms with Crippen LogP contribution >= 0.6 is 0 Å². The quantitative estimate of drug-likeness (QED) is 0.696. The van der Waals surface area contributed by atoms with Gasteiger partial charge in [0.25, 0.3) is 0 Å². The van der Waals surface area contributed by atoms with Crippen molar-refractivity contribution in [2.45, 2.75) is 51.4 Å². The van der Waals surface area contributed by atoms with Gasteiger partial charge in [-0.1, -0.05) is 30.3 Å². The number of carbonyl (C=O) groups excluding carboxylic acids is 1. The van der Waals surface area contributed by atoms with Crippen molar-refractivity contribution in [3.63, 3.8) is 0 Å². The fraction of sp³-hybridized carbons (Fsp3) is 0.455. The number of aromatic nitrogens is 1. The van der Waals surface area contributed by atoms with E-state index in [-0.39, 0.29) is 17.7 Å². The minimum absolute atomic E-state index is 0.00720. The smallest absolute Gasteiger partial charge is 0.433 e. The predicted octanol–water partition coefficient (Wildman–Crippen LogP) is 5.45. The summed E-state index contributed by atoms with van der Waals surface area (Å²) in [5.41, 5.74) is -0.802. The maximum absolute atomic E-state index is 13.1. The number of alkyl halides is 3. The van der Waals surface area contributed by atoms with Crippen LogP contribution < -0.4 is 10.1 Å². The van der Waals surface area contributed by atoms with Crippen LogP contribution in [0.2, 0.25) is 0 Å². The molecular formula is C22H25F3N2O3. The Hall–Kier alpha value is -2.77. The Morgan fingerprint density at radius 1 is 1.10 bits per heavy atom. The van der Waals surface area contributed by atoms with Crippen molar-refractivity contribution in [3.05, 3.63) is 48.2 Å². The molecule has 1 saturated carbocycles. The van der Waals surface area contributed by atoms with Gasteiger partial charge in [-0.25, -0.2) is 9.78 Å². The normalized spacial score (nSPS) is 19.0. The van der Waals surface area contributed by atoms with Gasteiger partial charge < -0.3 is 14.8 Å². The molecule has 8 heteroatoms. The van der Waals surface area contributed by atoms with E-state index >= 15 is 0 Å². The lowest BCUT2D eigenvalue weighted by molar-refractivity contribution is -0.141. The number of amides is 1. The van der Waals surface area contributed by atoms with E-state index in [1.165, 1.54) is 6.07 Å². The Morgan fingerprint density at radius 3 is 2.37 bits per heavy atom. The number of nitrogens with one attached hydrogen (secondary N) is 1. The van der Waals surface area contributed by atoms with Crippen LogP contribution in [0.15, 0.2) is 42.5 Å². The average Bonchev–Trinajstić information content (AvgIpc) is 2.62. The molecule has 0 spiro atoms. The SMILES string of the molecule is CC(C)(C)OC(=O)N[C@H]1C[C@@H](COc2ccc(C(F)(F)F)nc2-c2ccccc2)C1. The molecule has 0 saturated heterocycles. The highest BCUT2D eigenvalue weighted by molar-refractivity contribution is 5.68. The van der Waals surface area contributed by atoms with Gasteiger partial charge in [0.2, 0.25) is 0 Å². The van der Waals surface area contributed by atoms with Crippen molar-refractivity contribution < 1.29 is 27.4 Å². The largest absolute Gasteiger partial charge is 0.491 e. The Labute approximate surface area is 173 Å². The highest BCUT2D eigenvalue weighted by Crippen LogP contribution is 2.35. The summed E-state index contributed by atoms with van der Waals surface area (Å²) in [7, 11) is 0. The van der Waals surface area contributed by atoms with E-state index in [0.717, 1.165) is 6.07 Å². The summed E-state index contributed by atoms with van der Waals surface area (Å²) < 4.78 is 50.3. The van der Waals surface area contributed by atoms with E-state index in [1.807, 2.05) is 0 Å². The summed E-state index contributed by atoms with van der Waals surface area (Å²) in [6.45, 7) is 5.73. The van der Waals surface area contributed by atoms with Crippen molar-refractivity contribution in [2.75, 3.05) is 6.61 Å². The molecule has 0 aliphatic heterocycles. The summed E-state index contributed by atoms with van der Waals surface area (Å²) in [6, 6.07) is 10.9. The first kappa shape index (κ1) is 21.9. The lowest BCUT2D eigenvalue weighted by Crippen LogP contribution is -2.47. The van der Waals surface area contributed by atoms with E-state index < -0.39 is 23.6 Å². The molecule has 1 aromatic heterocycles. The second-order valence-electron chi connectivity index (χ2n) is 8.40. The van der Waals surface area contributed by atoms with Gasteiger partial charge in [0.05, 0.1) is 6.61 Å². The molecule has 1 N–H and O–H groups in total. The molecule has 2 aromatic rings. The summed E-state index contributed by atoms with van der Waals surface area (Å²) in [5.74, 6) is 0.494. The van der Waals surface area contributed by atoms with E-state index in [0.29, 0.717) is 30.8 Å². The molecule has 162 valence electrons. The maximum Gasteiger partial charge on any atom is 0.433 e. The third kappa shape index (κ3) is 5.87. The summed E-state index contributed by atoms with van der Waals surface area (Å²) in [6.07, 6.45) is -3.55.